The molecule has 0 radical (unpaired) electrons. The Kier molecular flexibility index (Phi) is 4.37. The first-order valence-corrected chi connectivity index (χ1v) is 7.55. The van der Waals surface area contributed by atoms with E-state index < -0.39 is 12.0 Å². The molecule has 2 rings (SSSR count). The first-order chi connectivity index (χ1) is 9.41. The number of rotatable bonds is 3. The molecule has 1 aliphatic heterocycles. The molecule has 1 aromatic rings. The number of carbonyl (C=O) groups excluding carboxylic acids is 1. The van der Waals surface area contributed by atoms with E-state index >= 15 is 0 Å². The van der Waals surface area contributed by atoms with Crippen molar-refractivity contribution in [3.8, 4) is 0 Å². The number of aliphatic carboxylic acids is 1. The van der Waals surface area contributed by atoms with E-state index in [-0.39, 0.29) is 11.8 Å². The van der Waals surface area contributed by atoms with Crippen LogP contribution in [0.3, 0.4) is 0 Å². The van der Waals surface area contributed by atoms with Crippen molar-refractivity contribution in [1.82, 2.24) is 14.5 Å². The van der Waals surface area contributed by atoms with E-state index in [1.165, 1.54) is 4.90 Å². The fourth-order valence-electron chi connectivity index (χ4n) is 2.47. The lowest BCUT2D eigenvalue weighted by Gasteiger charge is -2.35. The maximum absolute atomic E-state index is 12.6. The van der Waals surface area contributed by atoms with Gasteiger partial charge in [0.2, 0.25) is 0 Å². The van der Waals surface area contributed by atoms with Crippen LogP contribution in [0.1, 0.15) is 54.9 Å². The van der Waals surface area contributed by atoms with Crippen LogP contribution in [-0.4, -0.2) is 44.1 Å². The van der Waals surface area contributed by atoms with Crippen molar-refractivity contribution in [2.24, 2.45) is 5.92 Å². The predicted molar refractivity (Wildman–Crippen MR) is 74.9 cm³/mol. The molecule has 110 valence electrons. The SMILES string of the molecule is CC1CCN(C(=O)c2snnc2C(C)C)C(C(=O)O)C1. The third kappa shape index (κ3) is 2.82. The van der Waals surface area contributed by atoms with Gasteiger partial charge in [0.05, 0.1) is 5.69 Å². The lowest BCUT2D eigenvalue weighted by atomic mass is 9.92. The van der Waals surface area contributed by atoms with Crippen molar-refractivity contribution in [2.75, 3.05) is 6.54 Å². The number of hydrogen-bond acceptors (Lipinski definition) is 5. The fourth-order valence-corrected chi connectivity index (χ4v) is 3.25. The summed E-state index contributed by atoms with van der Waals surface area (Å²) < 4.78 is 3.84. The van der Waals surface area contributed by atoms with Gasteiger partial charge in [-0.25, -0.2) is 4.79 Å². The molecular weight excluding hydrogens is 278 g/mol. The molecule has 1 aromatic heterocycles. The Balaban J connectivity index is 2.26. The Hall–Kier alpha value is -1.50. The predicted octanol–water partition coefficient (Wildman–Crippen LogP) is 1.99. The highest BCUT2D eigenvalue weighted by Crippen LogP contribution is 2.27. The normalized spacial score (nSPS) is 23.1. The summed E-state index contributed by atoms with van der Waals surface area (Å²) in [6.07, 6.45) is 1.34. The van der Waals surface area contributed by atoms with Crippen LogP contribution in [-0.2, 0) is 4.79 Å². The number of carboxylic acid groups (broad SMARTS) is 1. The van der Waals surface area contributed by atoms with E-state index in [2.05, 4.69) is 9.59 Å². The molecule has 7 heteroatoms. The molecule has 0 aromatic carbocycles. The van der Waals surface area contributed by atoms with Gasteiger partial charge < -0.3 is 10.0 Å². The largest absolute Gasteiger partial charge is 0.480 e. The number of piperidine rings is 1. The molecule has 20 heavy (non-hydrogen) atoms. The smallest absolute Gasteiger partial charge is 0.326 e. The minimum atomic E-state index is -0.937. The summed E-state index contributed by atoms with van der Waals surface area (Å²) in [4.78, 5) is 25.9. The molecule has 1 N–H and O–H groups in total. The summed E-state index contributed by atoms with van der Waals surface area (Å²) in [7, 11) is 0. The van der Waals surface area contributed by atoms with Gasteiger partial charge >= 0.3 is 5.97 Å². The van der Waals surface area contributed by atoms with Gasteiger partial charge in [0.15, 0.2) is 0 Å². The highest BCUT2D eigenvalue weighted by Gasteiger charge is 2.36. The van der Waals surface area contributed by atoms with Crippen LogP contribution in [0.25, 0.3) is 0 Å². The van der Waals surface area contributed by atoms with Crippen molar-refractivity contribution in [2.45, 2.75) is 45.6 Å². The van der Waals surface area contributed by atoms with E-state index in [9.17, 15) is 14.7 Å². The Bertz CT molecular complexity index is 515. The number of carboxylic acids is 1. The van der Waals surface area contributed by atoms with Gasteiger partial charge in [-0.15, -0.1) is 5.10 Å². The Morgan fingerprint density at radius 3 is 2.75 bits per heavy atom. The third-order valence-electron chi connectivity index (χ3n) is 3.67. The number of likely N-dealkylation sites (tertiary alicyclic amines) is 1. The van der Waals surface area contributed by atoms with E-state index in [1.54, 1.807) is 0 Å². The molecule has 1 aliphatic rings. The van der Waals surface area contributed by atoms with Gasteiger partial charge in [0.1, 0.15) is 10.9 Å². The van der Waals surface area contributed by atoms with Crippen LogP contribution in [0.4, 0.5) is 0 Å². The number of carbonyl (C=O) groups is 2. The van der Waals surface area contributed by atoms with Crippen molar-refractivity contribution in [3.05, 3.63) is 10.6 Å². The zero-order valence-electron chi connectivity index (χ0n) is 11.9. The summed E-state index contributed by atoms with van der Waals surface area (Å²) in [6, 6.07) is -0.742. The molecule has 2 heterocycles. The molecular formula is C13H19N3O3S. The Morgan fingerprint density at radius 1 is 1.45 bits per heavy atom. The summed E-state index contributed by atoms with van der Waals surface area (Å²) in [6.45, 7) is 6.39. The Labute approximate surface area is 122 Å². The number of aromatic nitrogens is 2. The van der Waals surface area contributed by atoms with Crippen molar-refractivity contribution < 1.29 is 14.7 Å². The van der Waals surface area contributed by atoms with Crippen LogP contribution in [0, 0.1) is 5.92 Å². The second-order valence-electron chi connectivity index (χ2n) is 5.62. The van der Waals surface area contributed by atoms with Gasteiger partial charge in [-0.2, -0.15) is 0 Å². The zero-order chi connectivity index (χ0) is 14.9. The molecule has 6 nitrogen and oxygen atoms in total. The first kappa shape index (κ1) is 14.9. The van der Waals surface area contributed by atoms with Gasteiger partial charge in [-0.1, -0.05) is 25.3 Å². The highest BCUT2D eigenvalue weighted by molar-refractivity contribution is 7.08. The minimum absolute atomic E-state index is 0.0969. The maximum atomic E-state index is 12.6. The fraction of sp³-hybridized carbons (Fsp3) is 0.692. The molecule has 0 aliphatic carbocycles. The lowest BCUT2D eigenvalue weighted by molar-refractivity contribution is -0.144. The summed E-state index contributed by atoms with van der Waals surface area (Å²) in [5.74, 6) is -0.763. The van der Waals surface area contributed by atoms with Crippen LogP contribution in [0.5, 0.6) is 0 Å². The molecule has 0 bridgehead atoms. The highest BCUT2D eigenvalue weighted by atomic mass is 32.1. The summed E-state index contributed by atoms with van der Waals surface area (Å²) >= 11 is 1.05. The van der Waals surface area contributed by atoms with Crippen LogP contribution in [0.2, 0.25) is 0 Å². The zero-order valence-corrected chi connectivity index (χ0v) is 12.7. The lowest BCUT2D eigenvalue weighted by Crippen LogP contribution is -2.49. The van der Waals surface area contributed by atoms with Crippen molar-refractivity contribution >= 4 is 23.4 Å². The molecule has 2 unspecified atom stereocenters. The molecule has 1 fully saturated rings. The summed E-state index contributed by atoms with van der Waals surface area (Å²) in [5, 5.41) is 13.3. The minimum Gasteiger partial charge on any atom is -0.480 e. The molecule has 0 spiro atoms. The first-order valence-electron chi connectivity index (χ1n) is 6.77. The van der Waals surface area contributed by atoms with Crippen LogP contribution in [0.15, 0.2) is 0 Å². The van der Waals surface area contributed by atoms with E-state index in [4.69, 9.17) is 0 Å². The average molecular weight is 297 g/mol. The number of hydrogen-bond donors (Lipinski definition) is 1. The van der Waals surface area contributed by atoms with Crippen molar-refractivity contribution in [3.63, 3.8) is 0 Å². The second-order valence-corrected chi connectivity index (χ2v) is 6.38. The quantitative estimate of drug-likeness (QED) is 0.922. The maximum Gasteiger partial charge on any atom is 0.326 e. The van der Waals surface area contributed by atoms with Gasteiger partial charge in [-0.3, -0.25) is 4.79 Å². The monoisotopic (exact) mass is 297 g/mol. The second kappa shape index (κ2) is 5.87. The van der Waals surface area contributed by atoms with Crippen LogP contribution >= 0.6 is 11.5 Å². The van der Waals surface area contributed by atoms with Crippen molar-refractivity contribution in [1.29, 1.82) is 0 Å². The number of nitrogens with zero attached hydrogens (tertiary/aromatic N) is 3. The molecule has 1 amide bonds. The Morgan fingerprint density at radius 2 is 2.15 bits per heavy atom. The van der Waals surface area contributed by atoms with Gasteiger partial charge in [-0.05, 0) is 36.2 Å². The van der Waals surface area contributed by atoms with E-state index in [0.717, 1.165) is 18.0 Å². The standard InChI is InChI=1S/C13H19N3O3S/c1-7(2)10-11(20-15-14-10)12(17)16-5-4-8(3)6-9(16)13(18)19/h7-9H,4-6H2,1-3H3,(H,18,19). The summed E-state index contributed by atoms with van der Waals surface area (Å²) in [5.41, 5.74) is 0.655. The topological polar surface area (TPSA) is 83.4 Å². The van der Waals surface area contributed by atoms with E-state index in [0.29, 0.717) is 29.5 Å². The molecule has 1 saturated heterocycles. The van der Waals surface area contributed by atoms with E-state index in [1.807, 2.05) is 20.8 Å². The van der Waals surface area contributed by atoms with Gasteiger partial charge in [0.25, 0.3) is 5.91 Å². The van der Waals surface area contributed by atoms with Gasteiger partial charge in [0, 0.05) is 6.54 Å². The average Bonchev–Trinajstić information content (AvgIpc) is 2.87. The number of amides is 1. The van der Waals surface area contributed by atoms with Crippen LogP contribution < -0.4 is 0 Å². The molecule has 0 saturated carbocycles. The molecule has 2 atom stereocenters. The third-order valence-corrected chi connectivity index (χ3v) is 4.39.